The van der Waals surface area contributed by atoms with Crippen LogP contribution in [0.3, 0.4) is 0 Å². The second-order valence-electron chi connectivity index (χ2n) is 7.03. The van der Waals surface area contributed by atoms with Crippen molar-refractivity contribution in [3.63, 3.8) is 0 Å². The number of nitrogens with zero attached hydrogens (tertiary/aromatic N) is 2. The van der Waals surface area contributed by atoms with Gasteiger partial charge in [0, 0.05) is 56.5 Å². The van der Waals surface area contributed by atoms with Crippen LogP contribution in [-0.2, 0) is 16.1 Å². The third kappa shape index (κ3) is 6.37. The number of nitrogens with two attached hydrogens (primary N) is 1. The number of amides is 1. The number of piperazine rings is 1. The standard InChI is InChI=1S/C19H28ClN3O3.2ClH/c1-25-17-3-2-16(20)12-15(17)13-22-6-8-23(9-7-22)19(24)18(21)14-4-10-26-11-5-14;;/h2-3,12,14,18H,4-11,13,21H2,1H3;2*1H. The van der Waals surface area contributed by atoms with E-state index in [2.05, 4.69) is 4.90 Å². The topological polar surface area (TPSA) is 68.0 Å². The Labute approximate surface area is 184 Å². The maximum Gasteiger partial charge on any atom is 0.239 e. The molecule has 0 aliphatic carbocycles. The van der Waals surface area contributed by atoms with E-state index in [-0.39, 0.29) is 36.6 Å². The van der Waals surface area contributed by atoms with Crippen LogP contribution in [0.15, 0.2) is 18.2 Å². The molecule has 1 amide bonds. The molecule has 0 bridgehead atoms. The highest BCUT2D eigenvalue weighted by Gasteiger charge is 2.31. The van der Waals surface area contributed by atoms with Gasteiger partial charge in [0.05, 0.1) is 13.2 Å². The summed E-state index contributed by atoms with van der Waals surface area (Å²) in [6.07, 6.45) is 1.75. The van der Waals surface area contributed by atoms with Crippen LogP contribution in [-0.4, -0.2) is 68.3 Å². The summed E-state index contributed by atoms with van der Waals surface area (Å²) in [5, 5.41) is 0.706. The van der Waals surface area contributed by atoms with E-state index in [1.54, 1.807) is 7.11 Å². The van der Waals surface area contributed by atoms with E-state index < -0.39 is 6.04 Å². The van der Waals surface area contributed by atoms with Gasteiger partial charge in [0.25, 0.3) is 0 Å². The van der Waals surface area contributed by atoms with Crippen LogP contribution in [0.2, 0.25) is 5.02 Å². The summed E-state index contributed by atoms with van der Waals surface area (Å²) in [6, 6.07) is 5.26. The molecule has 160 valence electrons. The molecule has 1 aromatic carbocycles. The molecular formula is C19H30Cl3N3O3. The molecular weight excluding hydrogens is 425 g/mol. The van der Waals surface area contributed by atoms with Crippen molar-refractivity contribution in [3.05, 3.63) is 28.8 Å². The number of carbonyl (C=O) groups excluding carboxylic acids is 1. The van der Waals surface area contributed by atoms with Gasteiger partial charge < -0.3 is 20.1 Å². The number of hydrogen-bond acceptors (Lipinski definition) is 5. The third-order valence-corrected chi connectivity index (χ3v) is 5.61. The SMILES string of the molecule is COc1ccc(Cl)cc1CN1CCN(C(=O)C(N)C2CCOCC2)CC1.Cl.Cl. The van der Waals surface area contributed by atoms with E-state index in [1.807, 2.05) is 23.1 Å². The van der Waals surface area contributed by atoms with Gasteiger partial charge in [-0.1, -0.05) is 11.6 Å². The number of ether oxygens (including phenoxy) is 2. The first kappa shape index (κ1) is 25.3. The quantitative estimate of drug-likeness (QED) is 0.741. The molecule has 2 aliphatic rings. The summed E-state index contributed by atoms with van der Waals surface area (Å²) in [5.74, 6) is 1.16. The second kappa shape index (κ2) is 12.1. The molecule has 6 nitrogen and oxygen atoms in total. The summed E-state index contributed by atoms with van der Waals surface area (Å²) in [6.45, 7) is 5.24. The number of hydrogen-bond donors (Lipinski definition) is 1. The fourth-order valence-corrected chi connectivity index (χ4v) is 3.92. The Morgan fingerprint density at radius 3 is 2.50 bits per heavy atom. The van der Waals surface area contributed by atoms with Gasteiger partial charge in [0.1, 0.15) is 5.75 Å². The van der Waals surface area contributed by atoms with Gasteiger partial charge in [-0.05, 0) is 37.0 Å². The van der Waals surface area contributed by atoms with Crippen molar-refractivity contribution >= 4 is 42.3 Å². The van der Waals surface area contributed by atoms with Gasteiger partial charge in [-0.2, -0.15) is 0 Å². The Morgan fingerprint density at radius 1 is 1.25 bits per heavy atom. The Bertz CT molecular complexity index is 622. The minimum atomic E-state index is -0.404. The average Bonchev–Trinajstić information content (AvgIpc) is 2.68. The van der Waals surface area contributed by atoms with Gasteiger partial charge >= 0.3 is 0 Å². The molecule has 1 aromatic rings. The first-order chi connectivity index (χ1) is 12.6. The largest absolute Gasteiger partial charge is 0.496 e. The fraction of sp³-hybridized carbons (Fsp3) is 0.632. The number of benzene rings is 1. The molecule has 2 N–H and O–H groups in total. The summed E-state index contributed by atoms with van der Waals surface area (Å²) in [7, 11) is 1.67. The lowest BCUT2D eigenvalue weighted by molar-refractivity contribution is -0.136. The van der Waals surface area contributed by atoms with Crippen LogP contribution in [0.4, 0.5) is 0 Å². The number of halogens is 3. The first-order valence-electron chi connectivity index (χ1n) is 9.25. The van der Waals surface area contributed by atoms with Gasteiger partial charge in [0.2, 0.25) is 5.91 Å². The molecule has 0 radical (unpaired) electrons. The van der Waals surface area contributed by atoms with Gasteiger partial charge in [0.15, 0.2) is 0 Å². The predicted molar refractivity (Wildman–Crippen MR) is 116 cm³/mol. The lowest BCUT2D eigenvalue weighted by Gasteiger charge is -2.37. The fourth-order valence-electron chi connectivity index (χ4n) is 3.73. The summed E-state index contributed by atoms with van der Waals surface area (Å²) in [5.41, 5.74) is 7.31. The normalized spacial score (nSPS) is 19.3. The maximum absolute atomic E-state index is 12.7. The molecule has 2 saturated heterocycles. The van der Waals surface area contributed by atoms with Crippen molar-refractivity contribution in [1.29, 1.82) is 0 Å². The zero-order valence-electron chi connectivity index (χ0n) is 16.1. The number of rotatable bonds is 5. The molecule has 0 aromatic heterocycles. The Hall–Kier alpha value is -0.760. The lowest BCUT2D eigenvalue weighted by atomic mass is 9.91. The molecule has 0 saturated carbocycles. The van der Waals surface area contributed by atoms with Crippen LogP contribution < -0.4 is 10.5 Å². The third-order valence-electron chi connectivity index (χ3n) is 5.38. The average molecular weight is 455 g/mol. The second-order valence-corrected chi connectivity index (χ2v) is 7.47. The van der Waals surface area contributed by atoms with E-state index >= 15 is 0 Å². The first-order valence-corrected chi connectivity index (χ1v) is 9.63. The Morgan fingerprint density at radius 2 is 1.89 bits per heavy atom. The van der Waals surface area contributed by atoms with E-state index in [0.717, 1.165) is 43.8 Å². The highest BCUT2D eigenvalue weighted by Crippen LogP contribution is 2.25. The van der Waals surface area contributed by atoms with Crippen molar-refractivity contribution < 1.29 is 14.3 Å². The van der Waals surface area contributed by atoms with Crippen LogP contribution in [0.1, 0.15) is 18.4 Å². The number of methoxy groups -OCH3 is 1. The van der Waals surface area contributed by atoms with Gasteiger partial charge in [-0.15, -0.1) is 24.8 Å². The van der Waals surface area contributed by atoms with Crippen molar-refractivity contribution in [2.75, 3.05) is 46.5 Å². The van der Waals surface area contributed by atoms with Crippen LogP contribution >= 0.6 is 36.4 Å². The minimum Gasteiger partial charge on any atom is -0.496 e. The summed E-state index contributed by atoms with van der Waals surface area (Å²) in [4.78, 5) is 16.9. The van der Waals surface area contributed by atoms with Crippen molar-refractivity contribution in [2.45, 2.75) is 25.4 Å². The molecule has 2 aliphatic heterocycles. The maximum atomic E-state index is 12.7. The van der Waals surface area contributed by atoms with Crippen molar-refractivity contribution in [3.8, 4) is 5.75 Å². The van der Waals surface area contributed by atoms with E-state index in [4.69, 9.17) is 26.8 Å². The lowest BCUT2D eigenvalue weighted by Crippen LogP contribution is -2.55. The van der Waals surface area contributed by atoms with Crippen LogP contribution in [0.25, 0.3) is 0 Å². The monoisotopic (exact) mass is 453 g/mol. The van der Waals surface area contributed by atoms with E-state index in [9.17, 15) is 4.79 Å². The van der Waals surface area contributed by atoms with Gasteiger partial charge in [-0.25, -0.2) is 0 Å². The Kier molecular flexibility index (Phi) is 10.9. The molecule has 1 atom stereocenters. The predicted octanol–water partition coefficient (Wildman–Crippen LogP) is 2.59. The highest BCUT2D eigenvalue weighted by atomic mass is 35.5. The number of carbonyl (C=O) groups is 1. The molecule has 28 heavy (non-hydrogen) atoms. The zero-order valence-corrected chi connectivity index (χ0v) is 18.5. The van der Waals surface area contributed by atoms with Crippen molar-refractivity contribution in [2.24, 2.45) is 11.7 Å². The van der Waals surface area contributed by atoms with Crippen LogP contribution in [0, 0.1) is 5.92 Å². The van der Waals surface area contributed by atoms with Crippen LogP contribution in [0.5, 0.6) is 5.75 Å². The molecule has 1 unspecified atom stereocenters. The zero-order chi connectivity index (χ0) is 18.5. The molecule has 3 rings (SSSR count). The van der Waals surface area contributed by atoms with E-state index in [1.165, 1.54) is 0 Å². The molecule has 2 heterocycles. The smallest absolute Gasteiger partial charge is 0.239 e. The minimum absolute atomic E-state index is 0. The van der Waals surface area contributed by atoms with Gasteiger partial charge in [-0.3, -0.25) is 9.69 Å². The molecule has 0 spiro atoms. The summed E-state index contributed by atoms with van der Waals surface area (Å²) < 4.78 is 10.8. The Balaban J connectivity index is 0.00000196. The van der Waals surface area contributed by atoms with E-state index in [0.29, 0.717) is 31.3 Å². The summed E-state index contributed by atoms with van der Waals surface area (Å²) >= 11 is 6.12. The highest BCUT2D eigenvalue weighted by molar-refractivity contribution is 6.30. The molecule has 9 heteroatoms. The van der Waals surface area contributed by atoms with Crippen molar-refractivity contribution in [1.82, 2.24) is 9.80 Å². The molecule has 2 fully saturated rings.